The van der Waals surface area contributed by atoms with Gasteiger partial charge >= 0.3 is 0 Å². The molecule has 6 nitrogen and oxygen atoms in total. The van der Waals surface area contributed by atoms with Gasteiger partial charge in [0.05, 0.1) is 11.7 Å². The van der Waals surface area contributed by atoms with Crippen molar-refractivity contribution in [3.63, 3.8) is 0 Å². The molecule has 26 heavy (non-hydrogen) atoms. The summed E-state index contributed by atoms with van der Waals surface area (Å²) in [5.41, 5.74) is 3.15. The number of nitriles is 1. The highest BCUT2D eigenvalue weighted by Crippen LogP contribution is 2.34. The lowest BCUT2D eigenvalue weighted by molar-refractivity contribution is 0.300. The summed E-state index contributed by atoms with van der Waals surface area (Å²) < 4.78 is 0. The van der Waals surface area contributed by atoms with E-state index in [1.54, 1.807) is 0 Å². The monoisotopic (exact) mass is 346 g/mol. The lowest BCUT2D eigenvalue weighted by atomic mass is 9.87. The molecule has 1 saturated heterocycles. The molecule has 0 aliphatic carbocycles. The van der Waals surface area contributed by atoms with E-state index in [1.165, 1.54) is 10.9 Å². The van der Waals surface area contributed by atoms with E-state index in [0.29, 0.717) is 5.92 Å². The van der Waals surface area contributed by atoms with E-state index in [0.717, 1.165) is 48.3 Å². The summed E-state index contributed by atoms with van der Waals surface area (Å²) in [6.45, 7) is 6.03. The number of nitrogens with one attached hydrogen (secondary N) is 1. The lowest BCUT2D eigenvalue weighted by Gasteiger charge is -2.36. The number of nitrogens with zero attached hydrogens (tertiary/aromatic N) is 5. The van der Waals surface area contributed by atoms with Crippen LogP contribution in [0.1, 0.15) is 38.2 Å². The molecule has 0 aromatic carbocycles. The predicted molar refractivity (Wildman–Crippen MR) is 103 cm³/mol. The summed E-state index contributed by atoms with van der Waals surface area (Å²) in [6.07, 6.45) is 9.88. The zero-order valence-electron chi connectivity index (χ0n) is 15.1. The van der Waals surface area contributed by atoms with E-state index in [2.05, 4.69) is 44.8 Å². The Morgan fingerprint density at radius 2 is 2.27 bits per heavy atom. The van der Waals surface area contributed by atoms with Crippen molar-refractivity contribution in [2.75, 3.05) is 13.1 Å². The van der Waals surface area contributed by atoms with Crippen molar-refractivity contribution in [2.45, 2.75) is 32.6 Å². The van der Waals surface area contributed by atoms with Crippen molar-refractivity contribution in [1.82, 2.24) is 19.9 Å². The van der Waals surface area contributed by atoms with Crippen molar-refractivity contribution >= 4 is 27.8 Å². The Morgan fingerprint density at radius 1 is 1.38 bits per heavy atom. The molecule has 3 aromatic rings. The van der Waals surface area contributed by atoms with Crippen molar-refractivity contribution in [3.8, 4) is 6.19 Å². The zero-order chi connectivity index (χ0) is 18.1. The maximum atomic E-state index is 9.05. The Bertz CT molecular complexity index is 1010. The second-order valence-corrected chi connectivity index (χ2v) is 7.17. The van der Waals surface area contributed by atoms with Gasteiger partial charge in [-0.05, 0) is 30.5 Å². The number of aromatic nitrogens is 3. The maximum Gasteiger partial charge on any atom is 0.207 e. The third-order valence-corrected chi connectivity index (χ3v) is 5.19. The van der Waals surface area contributed by atoms with E-state index in [1.807, 2.05) is 30.9 Å². The number of likely N-dealkylation sites (tertiary alicyclic amines) is 1. The Morgan fingerprint density at radius 3 is 3.08 bits per heavy atom. The first-order valence-corrected chi connectivity index (χ1v) is 9.11. The van der Waals surface area contributed by atoms with Gasteiger partial charge in [0.1, 0.15) is 5.84 Å². The standard InChI is InChI=1S/C20H22N6/c1-13(2)20(25-12-21)26-9-3-4-14(11-26)15-5-7-22-17-10-24-19-16(18(15)17)6-8-23-19/h5-8,10,13-14,22H,3-4,9,11H2,1-2H3. The largest absolute Gasteiger partial charge is 0.360 e. The topological polar surface area (TPSA) is 81.0 Å². The van der Waals surface area contributed by atoms with Crippen LogP contribution in [-0.2, 0) is 0 Å². The van der Waals surface area contributed by atoms with Crippen LogP contribution in [0.2, 0.25) is 0 Å². The molecule has 4 rings (SSSR count). The number of pyridine rings is 2. The molecule has 4 heterocycles. The molecule has 1 atom stereocenters. The van der Waals surface area contributed by atoms with Crippen LogP contribution in [0.4, 0.5) is 0 Å². The van der Waals surface area contributed by atoms with Crippen molar-refractivity contribution < 1.29 is 0 Å². The quantitative estimate of drug-likeness (QED) is 0.434. The average Bonchev–Trinajstić information content (AvgIpc) is 3.14. The molecular formula is C20H22N6. The molecule has 0 amide bonds. The molecule has 1 aliphatic rings. The van der Waals surface area contributed by atoms with E-state index in [-0.39, 0.29) is 5.92 Å². The van der Waals surface area contributed by atoms with Crippen molar-refractivity contribution in [3.05, 3.63) is 36.3 Å². The number of aliphatic imine (C=N–C) groups is 1. The van der Waals surface area contributed by atoms with E-state index in [4.69, 9.17) is 5.26 Å². The minimum atomic E-state index is 0.240. The normalized spacial score (nSPS) is 18.6. The van der Waals surface area contributed by atoms with E-state index >= 15 is 0 Å². The van der Waals surface area contributed by atoms with Crippen LogP contribution in [0, 0.1) is 17.4 Å². The van der Waals surface area contributed by atoms with Crippen LogP contribution < -0.4 is 0 Å². The number of hydrogen-bond acceptors (Lipinski definition) is 4. The molecule has 3 aromatic heterocycles. The van der Waals surface area contributed by atoms with Crippen LogP contribution in [-0.4, -0.2) is 38.8 Å². The number of rotatable bonds is 2. The van der Waals surface area contributed by atoms with Crippen molar-refractivity contribution in [1.29, 1.82) is 5.26 Å². The zero-order valence-corrected chi connectivity index (χ0v) is 15.1. The Balaban J connectivity index is 1.77. The summed E-state index contributed by atoms with van der Waals surface area (Å²) >= 11 is 0. The number of fused-ring (bicyclic) bond motifs is 3. The fraction of sp³-hybridized carbons (Fsp3) is 0.400. The number of hydrogen-bond donors (Lipinski definition) is 1. The number of amidine groups is 1. The Kier molecular flexibility index (Phi) is 4.29. The van der Waals surface area contributed by atoms with Crippen LogP contribution in [0.15, 0.2) is 35.7 Å². The number of aromatic amines is 1. The van der Waals surface area contributed by atoms with Gasteiger partial charge in [-0.15, -0.1) is 0 Å². The molecule has 6 heteroatoms. The average molecular weight is 346 g/mol. The fourth-order valence-corrected chi connectivity index (χ4v) is 4.08. The molecule has 132 valence electrons. The van der Waals surface area contributed by atoms with Crippen LogP contribution in [0.5, 0.6) is 0 Å². The SMILES string of the molecule is CC(C)C(=NC#N)N1CCCC(c2cc[nH]c3cnc4nccc4c23)C1. The van der Waals surface area contributed by atoms with Gasteiger partial charge in [-0.1, -0.05) is 13.8 Å². The van der Waals surface area contributed by atoms with Gasteiger partial charge < -0.3 is 9.88 Å². The van der Waals surface area contributed by atoms with Crippen LogP contribution >= 0.6 is 0 Å². The summed E-state index contributed by atoms with van der Waals surface area (Å²) in [5, 5.41) is 11.4. The summed E-state index contributed by atoms with van der Waals surface area (Å²) in [7, 11) is 0. The van der Waals surface area contributed by atoms with E-state index < -0.39 is 0 Å². The first-order chi connectivity index (χ1) is 12.7. The van der Waals surface area contributed by atoms with Gasteiger partial charge in [-0.2, -0.15) is 10.3 Å². The van der Waals surface area contributed by atoms with Crippen molar-refractivity contribution in [2.24, 2.45) is 10.9 Å². The third-order valence-electron chi connectivity index (χ3n) is 5.19. The van der Waals surface area contributed by atoms with Crippen LogP contribution in [0.25, 0.3) is 21.9 Å². The number of piperidine rings is 1. The van der Waals surface area contributed by atoms with Gasteiger partial charge in [0, 0.05) is 48.1 Å². The van der Waals surface area contributed by atoms with Gasteiger partial charge in [0.25, 0.3) is 0 Å². The first kappa shape index (κ1) is 16.5. The molecule has 0 radical (unpaired) electrons. The Hall–Kier alpha value is -2.94. The number of H-pyrrole nitrogens is 1. The fourth-order valence-electron chi connectivity index (χ4n) is 4.08. The highest BCUT2D eigenvalue weighted by atomic mass is 15.2. The summed E-state index contributed by atoms with van der Waals surface area (Å²) in [4.78, 5) is 18.5. The molecule has 1 N–H and O–H groups in total. The lowest BCUT2D eigenvalue weighted by Crippen LogP contribution is -2.41. The molecule has 1 aliphatic heterocycles. The minimum absolute atomic E-state index is 0.240. The van der Waals surface area contributed by atoms with Gasteiger partial charge in [0.2, 0.25) is 6.19 Å². The predicted octanol–water partition coefficient (Wildman–Crippen LogP) is 3.83. The second kappa shape index (κ2) is 6.75. The molecule has 0 spiro atoms. The summed E-state index contributed by atoms with van der Waals surface area (Å²) in [6, 6.07) is 4.22. The highest BCUT2D eigenvalue weighted by molar-refractivity contribution is 6.05. The summed E-state index contributed by atoms with van der Waals surface area (Å²) in [5.74, 6) is 1.53. The third kappa shape index (κ3) is 2.80. The molecular weight excluding hydrogens is 324 g/mol. The highest BCUT2D eigenvalue weighted by Gasteiger charge is 2.26. The molecule has 1 fully saturated rings. The molecule has 0 bridgehead atoms. The minimum Gasteiger partial charge on any atom is -0.360 e. The van der Waals surface area contributed by atoms with Gasteiger partial charge in [-0.25, -0.2) is 9.97 Å². The Labute approximate surface area is 152 Å². The first-order valence-electron chi connectivity index (χ1n) is 9.11. The smallest absolute Gasteiger partial charge is 0.207 e. The van der Waals surface area contributed by atoms with Gasteiger partial charge in [0.15, 0.2) is 5.65 Å². The van der Waals surface area contributed by atoms with Crippen LogP contribution in [0.3, 0.4) is 0 Å². The second-order valence-electron chi connectivity index (χ2n) is 7.17. The molecule has 0 saturated carbocycles. The maximum absolute atomic E-state index is 9.05. The molecule has 1 unspecified atom stereocenters. The van der Waals surface area contributed by atoms with Gasteiger partial charge in [-0.3, -0.25) is 0 Å². The van der Waals surface area contributed by atoms with E-state index in [9.17, 15) is 0 Å².